The fourth-order valence-corrected chi connectivity index (χ4v) is 7.97. The molecular formula is C21H20NPS. The van der Waals surface area contributed by atoms with Crippen LogP contribution in [-0.2, 0) is 11.8 Å². The number of hydrogen-bond donors (Lipinski definition) is 0. The molecule has 0 aromatic heterocycles. The summed E-state index contributed by atoms with van der Waals surface area (Å²) in [6, 6.07) is 19.7. The second-order valence-electron chi connectivity index (χ2n) is 6.29. The largest absolute Gasteiger partial charge is 0.373 e. The lowest BCUT2D eigenvalue weighted by Gasteiger charge is -2.30. The highest BCUT2D eigenvalue weighted by atomic mass is 32.4. The maximum absolute atomic E-state index is 6.47. The Balaban J connectivity index is 1.92. The summed E-state index contributed by atoms with van der Waals surface area (Å²) in [6.07, 6.45) is 11.2. The third-order valence-corrected chi connectivity index (χ3v) is 9.95. The van der Waals surface area contributed by atoms with Gasteiger partial charge >= 0.3 is 0 Å². The molecular weight excluding hydrogens is 329 g/mol. The number of hydrogen-bond acceptors (Lipinski definition) is 2. The van der Waals surface area contributed by atoms with Gasteiger partial charge < -0.3 is 4.90 Å². The molecule has 24 heavy (non-hydrogen) atoms. The lowest BCUT2D eigenvalue weighted by molar-refractivity contribution is 0.380. The van der Waals surface area contributed by atoms with E-state index in [-0.39, 0.29) is 0 Å². The Kier molecular flexibility index (Phi) is 4.04. The molecule has 2 aliphatic rings. The van der Waals surface area contributed by atoms with E-state index < -0.39 is 6.04 Å². The second-order valence-corrected chi connectivity index (χ2v) is 10.7. The first-order valence-electron chi connectivity index (χ1n) is 8.22. The van der Waals surface area contributed by atoms with Crippen LogP contribution in [0.4, 0.5) is 0 Å². The summed E-state index contributed by atoms with van der Waals surface area (Å²) in [6.45, 7) is 0. The van der Waals surface area contributed by atoms with Crippen molar-refractivity contribution in [3.05, 3.63) is 96.5 Å². The molecule has 3 heteroatoms. The summed E-state index contributed by atoms with van der Waals surface area (Å²) < 4.78 is 0. The molecule has 0 saturated carbocycles. The summed E-state index contributed by atoms with van der Waals surface area (Å²) in [5.74, 6) is 0.367. The SMILES string of the molecule is CN1C=C(P(=S)(c2ccccc2)c2ccccc2)C2C=CC=CC21. The number of rotatable bonds is 3. The van der Waals surface area contributed by atoms with Gasteiger partial charge in [-0.15, -0.1) is 0 Å². The summed E-state index contributed by atoms with van der Waals surface area (Å²) >= 11 is 6.47. The molecule has 120 valence electrons. The van der Waals surface area contributed by atoms with E-state index in [1.54, 1.807) is 0 Å². The third-order valence-electron chi connectivity index (χ3n) is 4.86. The molecule has 2 atom stereocenters. The molecule has 2 aromatic carbocycles. The number of allylic oxidation sites excluding steroid dienone is 2. The minimum Gasteiger partial charge on any atom is -0.373 e. The minimum absolute atomic E-state index is 0.367. The van der Waals surface area contributed by atoms with Gasteiger partial charge in [0.15, 0.2) is 0 Å². The molecule has 1 aliphatic carbocycles. The number of fused-ring (bicyclic) bond motifs is 1. The van der Waals surface area contributed by atoms with Crippen LogP contribution in [0.5, 0.6) is 0 Å². The Bertz CT molecular complexity index is 824. The lowest BCUT2D eigenvalue weighted by atomic mass is 9.97. The first-order chi connectivity index (χ1) is 11.7. The average molecular weight is 349 g/mol. The van der Waals surface area contributed by atoms with Gasteiger partial charge in [0.25, 0.3) is 0 Å². The van der Waals surface area contributed by atoms with Crippen molar-refractivity contribution in [1.29, 1.82) is 0 Å². The molecule has 4 rings (SSSR count). The first kappa shape index (κ1) is 15.6. The number of nitrogens with zero attached hydrogens (tertiary/aromatic N) is 1. The Morgan fingerprint density at radius 2 is 1.38 bits per heavy atom. The Morgan fingerprint density at radius 3 is 1.96 bits per heavy atom. The molecule has 1 heterocycles. The lowest BCUT2D eigenvalue weighted by Crippen LogP contribution is -2.28. The van der Waals surface area contributed by atoms with Gasteiger partial charge in [-0.1, -0.05) is 96.8 Å². The van der Waals surface area contributed by atoms with Gasteiger partial charge in [-0.3, -0.25) is 0 Å². The van der Waals surface area contributed by atoms with E-state index in [0.29, 0.717) is 12.0 Å². The molecule has 1 aliphatic heterocycles. The van der Waals surface area contributed by atoms with Gasteiger partial charge in [0, 0.05) is 25.2 Å². The molecule has 0 fully saturated rings. The quantitative estimate of drug-likeness (QED) is 0.770. The number of likely N-dealkylation sites (N-methyl/N-ethyl adjacent to an activating group) is 1. The maximum Gasteiger partial charge on any atom is 0.0572 e. The predicted octanol–water partition coefficient (Wildman–Crippen LogP) is 4.01. The Hall–Kier alpha value is -1.89. The summed E-state index contributed by atoms with van der Waals surface area (Å²) in [7, 11) is 2.16. The van der Waals surface area contributed by atoms with Crippen molar-refractivity contribution in [2.45, 2.75) is 6.04 Å². The monoisotopic (exact) mass is 349 g/mol. The van der Waals surface area contributed by atoms with Crippen LogP contribution in [0.25, 0.3) is 0 Å². The van der Waals surface area contributed by atoms with Gasteiger partial charge in [0.1, 0.15) is 0 Å². The zero-order valence-electron chi connectivity index (χ0n) is 13.6. The maximum atomic E-state index is 6.47. The van der Waals surface area contributed by atoms with E-state index in [9.17, 15) is 0 Å². The number of benzene rings is 2. The van der Waals surface area contributed by atoms with Crippen LogP contribution in [0.3, 0.4) is 0 Å². The van der Waals surface area contributed by atoms with Gasteiger partial charge in [0.05, 0.1) is 6.04 Å². The molecule has 0 radical (unpaired) electrons. The Morgan fingerprint density at radius 1 is 0.833 bits per heavy atom. The van der Waals surface area contributed by atoms with Gasteiger partial charge in [-0.2, -0.15) is 0 Å². The fraction of sp³-hybridized carbons (Fsp3) is 0.143. The minimum atomic E-state index is -2.03. The van der Waals surface area contributed by atoms with E-state index in [0.717, 1.165) is 0 Å². The van der Waals surface area contributed by atoms with Crippen molar-refractivity contribution in [2.24, 2.45) is 5.92 Å². The predicted molar refractivity (Wildman–Crippen MR) is 108 cm³/mol. The molecule has 0 N–H and O–H groups in total. The smallest absolute Gasteiger partial charge is 0.0572 e. The molecule has 1 nitrogen and oxygen atoms in total. The van der Waals surface area contributed by atoms with Crippen LogP contribution in [0.1, 0.15) is 0 Å². The standard InChI is InChI=1S/C21H20NPS/c1-22-16-21(19-14-8-9-15-20(19)22)23(24,17-10-4-2-5-11-17)18-12-6-3-7-13-18/h2-16,19-20H,1H3. The van der Waals surface area contributed by atoms with Crippen LogP contribution in [0.15, 0.2) is 96.5 Å². The van der Waals surface area contributed by atoms with Crippen molar-refractivity contribution in [3.63, 3.8) is 0 Å². The highest BCUT2D eigenvalue weighted by molar-refractivity contribution is 8.24. The molecule has 0 saturated heterocycles. The molecule has 0 spiro atoms. The van der Waals surface area contributed by atoms with Crippen molar-refractivity contribution >= 4 is 28.5 Å². The zero-order chi connectivity index (χ0) is 16.6. The second kappa shape index (κ2) is 6.20. The third kappa shape index (κ3) is 2.42. The van der Waals surface area contributed by atoms with E-state index in [1.165, 1.54) is 15.9 Å². The summed E-state index contributed by atoms with van der Waals surface area (Å²) in [5.41, 5.74) is 0. The van der Waals surface area contributed by atoms with Gasteiger partial charge in [-0.25, -0.2) is 0 Å². The van der Waals surface area contributed by atoms with Crippen LogP contribution in [0.2, 0.25) is 0 Å². The molecule has 2 aromatic rings. The molecule has 0 bridgehead atoms. The average Bonchev–Trinajstić information content (AvgIpc) is 3.00. The van der Waals surface area contributed by atoms with Crippen LogP contribution < -0.4 is 10.6 Å². The first-order valence-corrected chi connectivity index (χ1v) is 11.0. The topological polar surface area (TPSA) is 3.24 Å². The summed E-state index contributed by atoms with van der Waals surface area (Å²) in [4.78, 5) is 2.31. The fourth-order valence-electron chi connectivity index (χ4n) is 3.65. The van der Waals surface area contributed by atoms with Crippen molar-refractivity contribution in [3.8, 4) is 0 Å². The van der Waals surface area contributed by atoms with E-state index >= 15 is 0 Å². The molecule has 0 amide bonds. The van der Waals surface area contributed by atoms with Crippen molar-refractivity contribution in [1.82, 2.24) is 4.90 Å². The Labute approximate surface area is 149 Å². The highest BCUT2D eigenvalue weighted by Crippen LogP contribution is 2.58. The van der Waals surface area contributed by atoms with Crippen LogP contribution in [0, 0.1) is 5.92 Å². The zero-order valence-corrected chi connectivity index (χ0v) is 15.3. The van der Waals surface area contributed by atoms with E-state index in [2.05, 4.69) is 103 Å². The normalized spacial score (nSPS) is 22.4. The molecule has 2 unspecified atom stereocenters. The van der Waals surface area contributed by atoms with Crippen LogP contribution in [-0.4, -0.2) is 18.0 Å². The van der Waals surface area contributed by atoms with Crippen molar-refractivity contribution < 1.29 is 0 Å². The van der Waals surface area contributed by atoms with Crippen LogP contribution >= 0.6 is 6.04 Å². The van der Waals surface area contributed by atoms with Gasteiger partial charge in [-0.05, 0) is 15.9 Å². The van der Waals surface area contributed by atoms with Gasteiger partial charge in [0.2, 0.25) is 0 Å². The van der Waals surface area contributed by atoms with E-state index in [4.69, 9.17) is 11.8 Å². The van der Waals surface area contributed by atoms with Crippen molar-refractivity contribution in [2.75, 3.05) is 7.05 Å². The van der Waals surface area contributed by atoms with E-state index in [1.807, 2.05) is 0 Å². The highest BCUT2D eigenvalue weighted by Gasteiger charge is 2.39. The summed E-state index contributed by atoms with van der Waals surface area (Å²) in [5, 5.41) is 3.94.